The number of piperidine rings is 1. The topological polar surface area (TPSA) is 49.6 Å². The molecular weight excluding hydrogens is 370 g/mol. The largest absolute Gasteiger partial charge is 0.328 e. The first-order valence-electron chi connectivity index (χ1n) is 12.4. The molecule has 2 N–H and O–H groups in total. The Hall–Kier alpha value is -1.39. The minimum atomic E-state index is 0.128. The first-order valence-corrected chi connectivity index (χ1v) is 12.4. The number of nitrogens with two attached hydrogens (primary N) is 1. The second-order valence-corrected chi connectivity index (χ2v) is 10.2. The van der Waals surface area contributed by atoms with Gasteiger partial charge in [0.15, 0.2) is 0 Å². The quantitative estimate of drug-likeness (QED) is 0.659. The van der Waals surface area contributed by atoms with Gasteiger partial charge in [0.1, 0.15) is 0 Å². The van der Waals surface area contributed by atoms with E-state index in [1.165, 1.54) is 44.2 Å². The van der Waals surface area contributed by atoms with Crippen LogP contribution in [0.1, 0.15) is 77.2 Å². The molecule has 1 aromatic rings. The number of nitrogens with zero attached hydrogens (tertiary/aromatic N) is 2. The number of para-hydroxylation sites is 1. The Morgan fingerprint density at radius 2 is 1.70 bits per heavy atom. The fourth-order valence-electron chi connectivity index (χ4n) is 6.26. The molecule has 0 spiro atoms. The Morgan fingerprint density at radius 3 is 2.43 bits per heavy atom. The highest BCUT2D eigenvalue weighted by Crippen LogP contribution is 2.39. The number of carbonyl (C=O) groups is 1. The number of hydrogen-bond acceptors (Lipinski definition) is 3. The highest BCUT2D eigenvalue weighted by atomic mass is 16.2. The summed E-state index contributed by atoms with van der Waals surface area (Å²) in [5, 5.41) is 0. The Balaban J connectivity index is 1.33. The van der Waals surface area contributed by atoms with Crippen molar-refractivity contribution in [3.63, 3.8) is 0 Å². The third-order valence-electron chi connectivity index (χ3n) is 8.06. The van der Waals surface area contributed by atoms with Crippen LogP contribution in [0.25, 0.3) is 0 Å². The standard InChI is InChI=1S/C26H41N3O/c1-19-9-8-10-20(2)28(19)15-6-3-7-16-29-25-12-5-4-11-22(25)18-24(26(29)30)21-13-14-23(27)17-21/h4-5,11-12,19-21,23-24H,3,6-10,13-18,27H2,1-2H3/t19-,20+,21?,23?,24?. The Morgan fingerprint density at radius 1 is 0.967 bits per heavy atom. The summed E-state index contributed by atoms with van der Waals surface area (Å²) in [7, 11) is 0. The van der Waals surface area contributed by atoms with Gasteiger partial charge in [-0.1, -0.05) is 31.0 Å². The normalized spacial score (nSPS) is 32.4. The molecule has 1 saturated carbocycles. The summed E-state index contributed by atoms with van der Waals surface area (Å²) in [5.74, 6) is 0.944. The zero-order chi connectivity index (χ0) is 21.1. The number of hydrogen-bond donors (Lipinski definition) is 1. The highest BCUT2D eigenvalue weighted by Gasteiger charge is 2.39. The van der Waals surface area contributed by atoms with Crippen molar-refractivity contribution in [2.24, 2.45) is 17.6 Å². The van der Waals surface area contributed by atoms with Gasteiger partial charge in [-0.25, -0.2) is 0 Å². The van der Waals surface area contributed by atoms with E-state index in [4.69, 9.17) is 5.73 Å². The third kappa shape index (κ3) is 4.75. The van der Waals surface area contributed by atoms with E-state index in [-0.39, 0.29) is 12.0 Å². The van der Waals surface area contributed by atoms with Gasteiger partial charge >= 0.3 is 0 Å². The second-order valence-electron chi connectivity index (χ2n) is 10.2. The zero-order valence-electron chi connectivity index (χ0n) is 19.1. The molecule has 3 unspecified atom stereocenters. The van der Waals surface area contributed by atoms with Gasteiger partial charge in [-0.15, -0.1) is 0 Å². The van der Waals surface area contributed by atoms with Gasteiger partial charge in [0.05, 0.1) is 0 Å². The van der Waals surface area contributed by atoms with Crippen LogP contribution in [-0.2, 0) is 11.2 Å². The molecule has 4 heteroatoms. The van der Waals surface area contributed by atoms with Crippen LogP contribution in [0.5, 0.6) is 0 Å². The molecule has 3 aliphatic rings. The van der Waals surface area contributed by atoms with Crippen molar-refractivity contribution < 1.29 is 4.79 Å². The average molecular weight is 412 g/mol. The van der Waals surface area contributed by atoms with Crippen LogP contribution in [-0.4, -0.2) is 42.0 Å². The van der Waals surface area contributed by atoms with Gasteiger partial charge in [0, 0.05) is 36.3 Å². The number of carbonyl (C=O) groups excluding carboxylic acids is 1. The van der Waals surface area contributed by atoms with Gasteiger partial charge in [-0.3, -0.25) is 9.69 Å². The molecule has 0 bridgehead atoms. The van der Waals surface area contributed by atoms with Gasteiger partial charge in [-0.2, -0.15) is 0 Å². The number of rotatable bonds is 7. The molecule has 2 fully saturated rings. The summed E-state index contributed by atoms with van der Waals surface area (Å²) >= 11 is 0. The summed E-state index contributed by atoms with van der Waals surface area (Å²) in [5.41, 5.74) is 8.67. The van der Waals surface area contributed by atoms with E-state index < -0.39 is 0 Å². The predicted octanol–water partition coefficient (Wildman–Crippen LogP) is 4.75. The predicted molar refractivity (Wildman–Crippen MR) is 125 cm³/mol. The van der Waals surface area contributed by atoms with Crippen molar-refractivity contribution in [3.8, 4) is 0 Å². The Bertz CT molecular complexity index is 710. The van der Waals surface area contributed by atoms with E-state index in [0.29, 0.717) is 11.8 Å². The van der Waals surface area contributed by atoms with Crippen LogP contribution in [0.4, 0.5) is 5.69 Å². The first-order chi connectivity index (χ1) is 14.5. The summed E-state index contributed by atoms with van der Waals surface area (Å²) in [6, 6.07) is 10.3. The molecule has 4 nitrogen and oxygen atoms in total. The maximum atomic E-state index is 13.5. The van der Waals surface area contributed by atoms with Crippen LogP contribution < -0.4 is 10.6 Å². The maximum Gasteiger partial charge on any atom is 0.230 e. The molecule has 1 amide bonds. The highest BCUT2D eigenvalue weighted by molar-refractivity contribution is 5.98. The number of unbranched alkanes of at least 4 members (excludes halogenated alkanes) is 2. The molecular formula is C26H41N3O. The molecule has 0 aromatic heterocycles. The van der Waals surface area contributed by atoms with Gasteiger partial charge in [-0.05, 0) is 89.3 Å². The summed E-state index contributed by atoms with van der Waals surface area (Å²) in [6.45, 7) is 6.83. The SMILES string of the molecule is C[C@@H]1CCC[C@H](C)N1CCCCCN1C(=O)C(C2CCC(N)C2)Cc2ccccc21. The number of anilines is 1. The Kier molecular flexibility index (Phi) is 7.15. The van der Waals surface area contributed by atoms with E-state index in [1.807, 2.05) is 0 Å². The van der Waals surface area contributed by atoms with E-state index in [9.17, 15) is 4.79 Å². The molecule has 1 saturated heterocycles. The molecule has 5 atom stereocenters. The summed E-state index contributed by atoms with van der Waals surface area (Å²) < 4.78 is 0. The Labute approximate surface area is 183 Å². The van der Waals surface area contributed by atoms with Gasteiger partial charge in [0.25, 0.3) is 0 Å². The lowest BCUT2D eigenvalue weighted by atomic mass is 9.81. The zero-order valence-corrected chi connectivity index (χ0v) is 19.1. The lowest BCUT2D eigenvalue weighted by Gasteiger charge is -2.39. The minimum Gasteiger partial charge on any atom is -0.328 e. The molecule has 2 aliphatic heterocycles. The molecule has 1 aliphatic carbocycles. The fourth-order valence-corrected chi connectivity index (χ4v) is 6.26. The minimum absolute atomic E-state index is 0.128. The average Bonchev–Trinajstić information content (AvgIpc) is 3.16. The smallest absolute Gasteiger partial charge is 0.230 e. The van der Waals surface area contributed by atoms with E-state index >= 15 is 0 Å². The van der Waals surface area contributed by atoms with Crippen molar-refractivity contribution in [2.45, 2.75) is 96.2 Å². The van der Waals surface area contributed by atoms with Crippen molar-refractivity contribution >= 4 is 11.6 Å². The molecule has 1 aromatic carbocycles. The summed E-state index contributed by atoms with van der Waals surface area (Å²) in [6.07, 6.45) is 11.7. The molecule has 166 valence electrons. The van der Waals surface area contributed by atoms with Crippen LogP contribution in [0.3, 0.4) is 0 Å². The number of amides is 1. The van der Waals surface area contributed by atoms with Crippen LogP contribution in [0, 0.1) is 11.8 Å². The number of likely N-dealkylation sites (tertiary alicyclic amines) is 1. The number of fused-ring (bicyclic) bond motifs is 1. The van der Waals surface area contributed by atoms with Crippen LogP contribution in [0.2, 0.25) is 0 Å². The van der Waals surface area contributed by atoms with E-state index in [0.717, 1.165) is 56.4 Å². The second kappa shape index (κ2) is 9.82. The van der Waals surface area contributed by atoms with Crippen molar-refractivity contribution in [1.29, 1.82) is 0 Å². The van der Waals surface area contributed by atoms with Crippen molar-refractivity contribution in [1.82, 2.24) is 4.90 Å². The monoisotopic (exact) mass is 411 g/mol. The molecule has 0 radical (unpaired) electrons. The van der Waals surface area contributed by atoms with Crippen LogP contribution >= 0.6 is 0 Å². The lowest BCUT2D eigenvalue weighted by molar-refractivity contribution is -0.124. The summed E-state index contributed by atoms with van der Waals surface area (Å²) in [4.78, 5) is 18.3. The lowest BCUT2D eigenvalue weighted by Crippen LogP contribution is -2.45. The molecule has 4 rings (SSSR count). The molecule has 30 heavy (non-hydrogen) atoms. The van der Waals surface area contributed by atoms with E-state index in [1.54, 1.807) is 0 Å². The van der Waals surface area contributed by atoms with E-state index in [2.05, 4.69) is 47.9 Å². The van der Waals surface area contributed by atoms with Crippen molar-refractivity contribution in [2.75, 3.05) is 18.0 Å². The molecule has 2 heterocycles. The third-order valence-corrected chi connectivity index (χ3v) is 8.06. The van der Waals surface area contributed by atoms with Gasteiger partial charge < -0.3 is 10.6 Å². The van der Waals surface area contributed by atoms with Gasteiger partial charge in [0.2, 0.25) is 5.91 Å². The first kappa shape index (κ1) is 21.8. The van der Waals surface area contributed by atoms with Crippen LogP contribution in [0.15, 0.2) is 24.3 Å². The fraction of sp³-hybridized carbons (Fsp3) is 0.731. The van der Waals surface area contributed by atoms with Crippen molar-refractivity contribution in [3.05, 3.63) is 29.8 Å². The maximum absolute atomic E-state index is 13.5. The number of benzene rings is 1.